The van der Waals surface area contributed by atoms with Gasteiger partial charge in [-0.2, -0.15) is 0 Å². The van der Waals surface area contributed by atoms with Crippen LogP contribution < -0.4 is 4.90 Å². The van der Waals surface area contributed by atoms with E-state index in [9.17, 15) is 0 Å². The summed E-state index contributed by atoms with van der Waals surface area (Å²) in [5.41, 5.74) is 1.09. The first kappa shape index (κ1) is 13.3. The van der Waals surface area contributed by atoms with E-state index < -0.39 is 0 Å². The summed E-state index contributed by atoms with van der Waals surface area (Å²) in [6.45, 7) is 9.24. The first-order valence-corrected chi connectivity index (χ1v) is 6.10. The number of pyridine rings is 1. The van der Waals surface area contributed by atoms with Crippen LogP contribution in [0.4, 0.5) is 5.82 Å². The minimum atomic E-state index is 0.729. The van der Waals surface area contributed by atoms with Crippen LogP contribution >= 0.6 is 11.6 Å². The molecule has 16 heavy (non-hydrogen) atoms. The van der Waals surface area contributed by atoms with Crippen LogP contribution in [0, 0.1) is 6.92 Å². The molecule has 0 amide bonds. The minimum Gasteiger partial charge on any atom is -0.378 e. The fraction of sp³-hybridized carbons (Fsp3) is 0.583. The van der Waals surface area contributed by atoms with E-state index in [4.69, 9.17) is 16.3 Å². The van der Waals surface area contributed by atoms with Gasteiger partial charge in [-0.3, -0.25) is 0 Å². The number of nitrogens with zero attached hydrogens (tertiary/aromatic N) is 2. The van der Waals surface area contributed by atoms with Crippen molar-refractivity contribution in [3.63, 3.8) is 0 Å². The number of rotatable bonds is 1. The fourth-order valence-electron chi connectivity index (χ4n) is 1.53. The molecule has 2 rings (SSSR count). The van der Waals surface area contributed by atoms with Crippen molar-refractivity contribution < 1.29 is 4.74 Å². The van der Waals surface area contributed by atoms with E-state index in [2.05, 4.69) is 9.88 Å². The molecule has 1 aliphatic heterocycles. The van der Waals surface area contributed by atoms with Crippen molar-refractivity contribution in [2.45, 2.75) is 20.8 Å². The molecule has 0 spiro atoms. The maximum absolute atomic E-state index is 6.12. The van der Waals surface area contributed by atoms with E-state index in [1.165, 1.54) is 0 Å². The normalized spacial score (nSPS) is 15.4. The maximum atomic E-state index is 6.12. The third kappa shape index (κ3) is 3.35. The SMILES string of the molecule is CC.Cc1cnc(N2CCOCC2)c(Cl)c1. The zero-order valence-corrected chi connectivity index (χ0v) is 10.9. The van der Waals surface area contributed by atoms with Crippen molar-refractivity contribution in [1.82, 2.24) is 4.98 Å². The molecule has 0 unspecified atom stereocenters. The molecule has 1 saturated heterocycles. The smallest absolute Gasteiger partial charge is 0.147 e. The summed E-state index contributed by atoms with van der Waals surface area (Å²) < 4.78 is 5.27. The Morgan fingerprint density at radius 1 is 1.31 bits per heavy atom. The van der Waals surface area contributed by atoms with Crippen LogP contribution in [0.5, 0.6) is 0 Å². The van der Waals surface area contributed by atoms with Gasteiger partial charge in [0.2, 0.25) is 0 Å². The van der Waals surface area contributed by atoms with Crippen molar-refractivity contribution in [1.29, 1.82) is 0 Å². The van der Waals surface area contributed by atoms with Crippen LogP contribution in [0.25, 0.3) is 0 Å². The van der Waals surface area contributed by atoms with Crippen molar-refractivity contribution in [2.24, 2.45) is 0 Å². The zero-order chi connectivity index (χ0) is 12.0. The van der Waals surface area contributed by atoms with E-state index >= 15 is 0 Å². The van der Waals surface area contributed by atoms with E-state index in [1.807, 2.05) is 33.0 Å². The highest BCUT2D eigenvalue weighted by Crippen LogP contribution is 2.24. The van der Waals surface area contributed by atoms with Gasteiger partial charge in [-0.25, -0.2) is 4.98 Å². The summed E-state index contributed by atoms with van der Waals surface area (Å²) in [5, 5.41) is 0.729. The molecule has 0 radical (unpaired) electrons. The van der Waals surface area contributed by atoms with Gasteiger partial charge in [0, 0.05) is 19.3 Å². The Morgan fingerprint density at radius 2 is 1.94 bits per heavy atom. The first-order valence-electron chi connectivity index (χ1n) is 5.72. The molecular formula is C12H19ClN2O. The number of halogens is 1. The number of aryl methyl sites for hydroxylation is 1. The Balaban J connectivity index is 0.000000606. The van der Waals surface area contributed by atoms with Gasteiger partial charge in [-0.05, 0) is 18.6 Å². The van der Waals surface area contributed by atoms with Crippen LogP contribution in [-0.4, -0.2) is 31.3 Å². The molecule has 0 bridgehead atoms. The molecule has 3 nitrogen and oxygen atoms in total. The average molecular weight is 243 g/mol. The van der Waals surface area contributed by atoms with Crippen molar-refractivity contribution in [3.05, 3.63) is 22.8 Å². The maximum Gasteiger partial charge on any atom is 0.147 e. The monoisotopic (exact) mass is 242 g/mol. The molecule has 1 aliphatic rings. The van der Waals surface area contributed by atoms with Gasteiger partial charge in [-0.15, -0.1) is 0 Å². The number of hydrogen-bond acceptors (Lipinski definition) is 3. The second-order valence-corrected chi connectivity index (χ2v) is 3.82. The van der Waals surface area contributed by atoms with Crippen LogP contribution in [0.1, 0.15) is 19.4 Å². The summed E-state index contributed by atoms with van der Waals surface area (Å²) in [4.78, 5) is 6.50. The standard InChI is InChI=1S/C10H13ClN2O.C2H6/c1-8-6-9(11)10(12-7-8)13-2-4-14-5-3-13;1-2/h6-7H,2-5H2,1H3;1-2H3. The lowest BCUT2D eigenvalue weighted by Crippen LogP contribution is -2.36. The predicted octanol–water partition coefficient (Wildman–Crippen LogP) is 2.91. The van der Waals surface area contributed by atoms with Crippen LogP contribution in [-0.2, 0) is 4.74 Å². The summed E-state index contributed by atoms with van der Waals surface area (Å²) >= 11 is 6.12. The number of aromatic nitrogens is 1. The second kappa shape index (κ2) is 6.71. The minimum absolute atomic E-state index is 0.729. The highest BCUT2D eigenvalue weighted by atomic mass is 35.5. The van der Waals surface area contributed by atoms with Crippen LogP contribution in [0.3, 0.4) is 0 Å². The zero-order valence-electron chi connectivity index (χ0n) is 10.2. The van der Waals surface area contributed by atoms with Gasteiger partial charge in [0.15, 0.2) is 0 Å². The van der Waals surface area contributed by atoms with Crippen molar-refractivity contribution in [3.8, 4) is 0 Å². The quantitative estimate of drug-likeness (QED) is 0.757. The van der Waals surface area contributed by atoms with E-state index in [0.29, 0.717) is 0 Å². The molecule has 2 heterocycles. The lowest BCUT2D eigenvalue weighted by Gasteiger charge is -2.28. The summed E-state index contributed by atoms with van der Waals surface area (Å²) in [5.74, 6) is 0.876. The largest absolute Gasteiger partial charge is 0.378 e. The number of ether oxygens (including phenoxy) is 1. The Morgan fingerprint density at radius 3 is 2.50 bits per heavy atom. The fourth-order valence-corrected chi connectivity index (χ4v) is 1.87. The van der Waals surface area contributed by atoms with Gasteiger partial charge in [0.1, 0.15) is 5.82 Å². The Kier molecular flexibility index (Phi) is 5.56. The molecule has 1 aromatic heterocycles. The number of hydrogen-bond donors (Lipinski definition) is 0. The highest BCUT2D eigenvalue weighted by Gasteiger charge is 2.14. The van der Waals surface area contributed by atoms with Gasteiger partial charge in [-0.1, -0.05) is 25.4 Å². The lowest BCUT2D eigenvalue weighted by atomic mass is 10.3. The Hall–Kier alpha value is -0.800. The third-order valence-electron chi connectivity index (χ3n) is 2.27. The average Bonchev–Trinajstić information content (AvgIpc) is 2.33. The van der Waals surface area contributed by atoms with Gasteiger partial charge < -0.3 is 9.64 Å². The van der Waals surface area contributed by atoms with Crippen LogP contribution in [0.15, 0.2) is 12.3 Å². The molecule has 0 atom stereocenters. The highest BCUT2D eigenvalue weighted by molar-refractivity contribution is 6.33. The molecular weight excluding hydrogens is 224 g/mol. The van der Waals surface area contributed by atoms with Crippen LogP contribution in [0.2, 0.25) is 5.02 Å². The van der Waals surface area contributed by atoms with E-state index in [0.717, 1.165) is 42.7 Å². The molecule has 0 N–H and O–H groups in total. The first-order chi connectivity index (χ1) is 7.77. The Labute approximate surface area is 102 Å². The molecule has 0 aliphatic carbocycles. The van der Waals surface area contributed by atoms with Gasteiger partial charge >= 0.3 is 0 Å². The predicted molar refractivity (Wildman–Crippen MR) is 68.4 cm³/mol. The summed E-state index contributed by atoms with van der Waals surface area (Å²) in [7, 11) is 0. The van der Waals surface area contributed by atoms with E-state index in [1.54, 1.807) is 0 Å². The molecule has 4 heteroatoms. The number of morpholine rings is 1. The Bertz CT molecular complexity index is 325. The van der Waals surface area contributed by atoms with Gasteiger partial charge in [0.25, 0.3) is 0 Å². The van der Waals surface area contributed by atoms with Crippen molar-refractivity contribution in [2.75, 3.05) is 31.2 Å². The molecule has 1 fully saturated rings. The second-order valence-electron chi connectivity index (χ2n) is 3.42. The van der Waals surface area contributed by atoms with Crippen molar-refractivity contribution >= 4 is 17.4 Å². The summed E-state index contributed by atoms with van der Waals surface area (Å²) in [6, 6.07) is 1.94. The lowest BCUT2D eigenvalue weighted by molar-refractivity contribution is 0.122. The summed E-state index contributed by atoms with van der Waals surface area (Å²) in [6.07, 6.45) is 1.84. The molecule has 0 saturated carbocycles. The third-order valence-corrected chi connectivity index (χ3v) is 2.55. The molecule has 0 aromatic carbocycles. The van der Waals surface area contributed by atoms with E-state index in [-0.39, 0.29) is 0 Å². The molecule has 1 aromatic rings. The molecule has 90 valence electrons. The van der Waals surface area contributed by atoms with Gasteiger partial charge in [0.05, 0.1) is 18.2 Å². The number of anilines is 1. The topological polar surface area (TPSA) is 25.4 Å².